The molecule has 0 amide bonds. The lowest BCUT2D eigenvalue weighted by atomic mass is 9.81. The van der Waals surface area contributed by atoms with E-state index in [2.05, 4.69) is 0 Å². The first kappa shape index (κ1) is 9.53. The maximum absolute atomic E-state index is 10.1. The molecule has 2 nitrogen and oxygen atoms in total. The third-order valence-corrected chi connectivity index (χ3v) is 3.38. The number of nitrogen functional groups attached to an aromatic ring is 1. The predicted octanol–water partition coefficient (Wildman–Crippen LogP) is 2.07. The molecule has 2 heteroatoms. The van der Waals surface area contributed by atoms with Crippen molar-refractivity contribution in [2.45, 2.75) is 37.7 Å². The lowest BCUT2D eigenvalue weighted by molar-refractivity contribution is 0.0381. The van der Waals surface area contributed by atoms with Gasteiger partial charge in [0.05, 0.1) is 5.60 Å². The Morgan fingerprint density at radius 3 is 2.07 bits per heavy atom. The lowest BCUT2D eigenvalue weighted by Crippen LogP contribution is -2.35. The van der Waals surface area contributed by atoms with E-state index < -0.39 is 5.60 Å². The van der Waals surface area contributed by atoms with Crippen LogP contribution in [0.15, 0.2) is 24.3 Å². The van der Waals surface area contributed by atoms with E-state index in [9.17, 15) is 5.11 Å². The zero-order chi connectivity index (χ0) is 10.4. The molecule has 2 rings (SSSR count). The molecule has 1 aromatic rings. The van der Waals surface area contributed by atoms with Crippen LogP contribution in [0.5, 0.6) is 0 Å². The molecule has 1 aliphatic rings. The van der Waals surface area contributed by atoms with Crippen molar-refractivity contribution in [1.29, 1.82) is 0 Å². The van der Waals surface area contributed by atoms with Crippen LogP contribution in [0, 0.1) is 0 Å². The van der Waals surface area contributed by atoms with Crippen LogP contribution in [0.2, 0.25) is 0 Å². The monoisotopic (exact) mass is 191 g/mol. The third-order valence-electron chi connectivity index (χ3n) is 3.38. The van der Waals surface area contributed by atoms with Gasteiger partial charge in [-0.05, 0) is 44.4 Å². The van der Waals surface area contributed by atoms with Gasteiger partial charge in [0.2, 0.25) is 0 Å². The quantitative estimate of drug-likeness (QED) is 0.703. The van der Waals surface area contributed by atoms with Gasteiger partial charge in [0.1, 0.15) is 0 Å². The van der Waals surface area contributed by atoms with Gasteiger partial charge in [0.15, 0.2) is 0 Å². The fourth-order valence-corrected chi connectivity index (χ4v) is 2.18. The SMILES string of the molecule is CC(C)(O)C1(c2ccc(N)cc2)CC1. The van der Waals surface area contributed by atoms with Gasteiger partial charge in [-0.15, -0.1) is 0 Å². The summed E-state index contributed by atoms with van der Waals surface area (Å²) in [5.74, 6) is 0. The molecule has 14 heavy (non-hydrogen) atoms. The fourth-order valence-electron chi connectivity index (χ4n) is 2.18. The van der Waals surface area contributed by atoms with Crippen LogP contribution in [0.3, 0.4) is 0 Å². The van der Waals surface area contributed by atoms with Crippen LogP contribution in [-0.4, -0.2) is 10.7 Å². The summed E-state index contributed by atoms with van der Waals surface area (Å²) in [4.78, 5) is 0. The van der Waals surface area contributed by atoms with E-state index in [1.54, 1.807) is 0 Å². The average molecular weight is 191 g/mol. The standard InChI is InChI=1S/C12H17NO/c1-11(2,14)12(7-8-12)9-3-5-10(13)6-4-9/h3-6,14H,7-8,13H2,1-2H3. The summed E-state index contributed by atoms with van der Waals surface area (Å²) in [6.07, 6.45) is 2.14. The minimum Gasteiger partial charge on any atom is -0.399 e. The molecule has 0 heterocycles. The molecule has 0 radical (unpaired) electrons. The first-order valence-corrected chi connectivity index (χ1v) is 5.04. The highest BCUT2D eigenvalue weighted by Crippen LogP contribution is 2.55. The van der Waals surface area contributed by atoms with Gasteiger partial charge in [0.25, 0.3) is 0 Å². The Hall–Kier alpha value is -1.02. The third kappa shape index (κ3) is 1.30. The minimum absolute atomic E-state index is 0.0271. The lowest BCUT2D eigenvalue weighted by Gasteiger charge is -2.29. The normalized spacial score (nSPS) is 19.4. The molecule has 0 unspecified atom stereocenters. The molecule has 0 aliphatic heterocycles. The summed E-state index contributed by atoms with van der Waals surface area (Å²) in [5.41, 5.74) is 6.96. The second kappa shape index (κ2) is 2.74. The van der Waals surface area contributed by atoms with E-state index in [1.807, 2.05) is 38.1 Å². The topological polar surface area (TPSA) is 46.2 Å². The summed E-state index contributed by atoms with van der Waals surface area (Å²) in [6, 6.07) is 7.86. The molecular weight excluding hydrogens is 174 g/mol. The Bertz CT molecular complexity index is 330. The van der Waals surface area contributed by atoms with E-state index in [1.165, 1.54) is 5.56 Å². The Morgan fingerprint density at radius 1 is 1.21 bits per heavy atom. The smallest absolute Gasteiger partial charge is 0.0687 e. The van der Waals surface area contributed by atoms with Crippen molar-refractivity contribution >= 4 is 5.69 Å². The average Bonchev–Trinajstić information content (AvgIpc) is 2.84. The first-order valence-electron chi connectivity index (χ1n) is 5.04. The van der Waals surface area contributed by atoms with Crippen LogP contribution in [0.1, 0.15) is 32.3 Å². The van der Waals surface area contributed by atoms with Gasteiger partial charge in [0, 0.05) is 11.1 Å². The van der Waals surface area contributed by atoms with Crippen molar-refractivity contribution in [3.05, 3.63) is 29.8 Å². The van der Waals surface area contributed by atoms with Crippen molar-refractivity contribution in [2.24, 2.45) is 0 Å². The van der Waals surface area contributed by atoms with Crippen LogP contribution in [0.4, 0.5) is 5.69 Å². The van der Waals surface area contributed by atoms with E-state index in [0.717, 1.165) is 18.5 Å². The van der Waals surface area contributed by atoms with Crippen molar-refractivity contribution in [2.75, 3.05) is 5.73 Å². The molecule has 0 saturated heterocycles. The largest absolute Gasteiger partial charge is 0.399 e. The molecule has 0 bridgehead atoms. The molecule has 1 aliphatic carbocycles. The maximum atomic E-state index is 10.1. The van der Waals surface area contributed by atoms with Crippen molar-refractivity contribution in [3.63, 3.8) is 0 Å². The molecule has 0 atom stereocenters. The van der Waals surface area contributed by atoms with Crippen LogP contribution >= 0.6 is 0 Å². The number of benzene rings is 1. The Balaban J connectivity index is 2.36. The summed E-state index contributed by atoms with van der Waals surface area (Å²) >= 11 is 0. The molecule has 0 aromatic heterocycles. The summed E-state index contributed by atoms with van der Waals surface area (Å²) in [6.45, 7) is 3.77. The second-order valence-corrected chi connectivity index (χ2v) is 4.76. The van der Waals surface area contributed by atoms with Gasteiger partial charge >= 0.3 is 0 Å². The van der Waals surface area contributed by atoms with Crippen LogP contribution in [-0.2, 0) is 5.41 Å². The molecular formula is C12H17NO. The van der Waals surface area contributed by atoms with Crippen molar-refractivity contribution in [1.82, 2.24) is 0 Å². The summed E-state index contributed by atoms with van der Waals surface area (Å²) in [5, 5.41) is 10.1. The van der Waals surface area contributed by atoms with Gasteiger partial charge in [-0.25, -0.2) is 0 Å². The van der Waals surface area contributed by atoms with E-state index in [-0.39, 0.29) is 5.41 Å². The fraction of sp³-hybridized carbons (Fsp3) is 0.500. The Labute approximate surface area is 84.7 Å². The highest BCUT2D eigenvalue weighted by atomic mass is 16.3. The Morgan fingerprint density at radius 2 is 1.71 bits per heavy atom. The number of hydrogen-bond donors (Lipinski definition) is 2. The zero-order valence-corrected chi connectivity index (χ0v) is 8.75. The van der Waals surface area contributed by atoms with Gasteiger partial charge in [-0.2, -0.15) is 0 Å². The number of nitrogens with two attached hydrogens (primary N) is 1. The maximum Gasteiger partial charge on any atom is 0.0687 e. The van der Waals surface area contributed by atoms with Crippen molar-refractivity contribution < 1.29 is 5.11 Å². The van der Waals surface area contributed by atoms with E-state index in [0.29, 0.717) is 0 Å². The van der Waals surface area contributed by atoms with Gasteiger partial charge in [-0.3, -0.25) is 0 Å². The van der Waals surface area contributed by atoms with E-state index in [4.69, 9.17) is 5.73 Å². The zero-order valence-electron chi connectivity index (χ0n) is 8.75. The molecule has 1 aromatic carbocycles. The van der Waals surface area contributed by atoms with Crippen molar-refractivity contribution in [3.8, 4) is 0 Å². The van der Waals surface area contributed by atoms with Gasteiger partial charge in [-0.1, -0.05) is 12.1 Å². The molecule has 3 N–H and O–H groups in total. The van der Waals surface area contributed by atoms with E-state index >= 15 is 0 Å². The van der Waals surface area contributed by atoms with Gasteiger partial charge < -0.3 is 10.8 Å². The second-order valence-electron chi connectivity index (χ2n) is 4.76. The van der Waals surface area contributed by atoms with Crippen LogP contribution < -0.4 is 5.73 Å². The Kier molecular flexibility index (Phi) is 1.86. The highest BCUT2D eigenvalue weighted by Gasteiger charge is 2.54. The number of rotatable bonds is 2. The number of aliphatic hydroxyl groups is 1. The summed E-state index contributed by atoms with van der Waals surface area (Å²) in [7, 11) is 0. The molecule has 76 valence electrons. The highest BCUT2D eigenvalue weighted by molar-refractivity contribution is 5.44. The van der Waals surface area contributed by atoms with Crippen LogP contribution in [0.25, 0.3) is 0 Å². The summed E-state index contributed by atoms with van der Waals surface area (Å²) < 4.78 is 0. The molecule has 0 spiro atoms. The molecule has 1 saturated carbocycles. The first-order chi connectivity index (χ1) is 6.46. The number of anilines is 1. The molecule has 1 fully saturated rings. The minimum atomic E-state index is -0.636. The predicted molar refractivity (Wildman–Crippen MR) is 58.1 cm³/mol. The number of hydrogen-bond acceptors (Lipinski definition) is 2.